The monoisotopic (exact) mass is 345 g/mol. The van der Waals surface area contributed by atoms with Crippen LogP contribution in [0, 0.1) is 6.92 Å². The molecular formula is C21H19N3O2. The molecule has 2 aromatic heterocycles. The summed E-state index contributed by atoms with van der Waals surface area (Å²) in [6.07, 6.45) is 0. The molecule has 4 aromatic rings. The van der Waals surface area contributed by atoms with Crippen LogP contribution in [0.1, 0.15) is 5.56 Å². The fraction of sp³-hybridized carbons (Fsp3) is 0.143. The highest BCUT2D eigenvalue weighted by atomic mass is 16.5. The minimum Gasteiger partial charge on any atom is -0.497 e. The Morgan fingerprint density at radius 2 is 1.54 bits per heavy atom. The van der Waals surface area contributed by atoms with E-state index in [1.807, 2.05) is 42.5 Å². The summed E-state index contributed by atoms with van der Waals surface area (Å²) < 4.78 is 10.7. The Morgan fingerprint density at radius 1 is 0.808 bits per heavy atom. The summed E-state index contributed by atoms with van der Waals surface area (Å²) >= 11 is 0. The fourth-order valence-corrected chi connectivity index (χ4v) is 2.93. The Morgan fingerprint density at radius 3 is 2.27 bits per heavy atom. The summed E-state index contributed by atoms with van der Waals surface area (Å²) in [4.78, 5) is 12.8. The Kier molecular flexibility index (Phi) is 4.05. The molecule has 26 heavy (non-hydrogen) atoms. The number of hydrogen-bond donors (Lipinski definition) is 1. The lowest BCUT2D eigenvalue weighted by Crippen LogP contribution is -1.92. The van der Waals surface area contributed by atoms with E-state index in [9.17, 15) is 0 Å². The topological polar surface area (TPSA) is 60.0 Å². The van der Waals surface area contributed by atoms with Crippen LogP contribution < -0.4 is 9.47 Å². The van der Waals surface area contributed by atoms with Gasteiger partial charge in [0.25, 0.3) is 0 Å². The molecular weight excluding hydrogens is 326 g/mol. The number of benzene rings is 2. The van der Waals surface area contributed by atoms with Gasteiger partial charge in [0.1, 0.15) is 17.2 Å². The van der Waals surface area contributed by atoms with Gasteiger partial charge >= 0.3 is 0 Å². The van der Waals surface area contributed by atoms with Gasteiger partial charge in [0.05, 0.1) is 30.9 Å². The molecule has 0 saturated heterocycles. The normalized spacial score (nSPS) is 10.9. The van der Waals surface area contributed by atoms with Gasteiger partial charge in [0.15, 0.2) is 5.82 Å². The van der Waals surface area contributed by atoms with Crippen LogP contribution in [-0.2, 0) is 0 Å². The first kappa shape index (κ1) is 16.1. The van der Waals surface area contributed by atoms with Crippen molar-refractivity contribution >= 4 is 11.0 Å². The fourth-order valence-electron chi connectivity index (χ4n) is 2.93. The number of aromatic amines is 1. The molecule has 130 valence electrons. The van der Waals surface area contributed by atoms with Gasteiger partial charge in [-0.25, -0.2) is 9.97 Å². The lowest BCUT2D eigenvalue weighted by Gasteiger charge is -2.08. The van der Waals surface area contributed by atoms with Crippen LogP contribution in [0.5, 0.6) is 11.5 Å². The predicted octanol–water partition coefficient (Wildman–Crippen LogP) is 4.62. The maximum absolute atomic E-state index is 5.36. The number of imidazole rings is 1. The number of methoxy groups -OCH3 is 2. The number of fused-ring (bicyclic) bond motifs is 1. The smallest absolute Gasteiger partial charge is 0.157 e. The van der Waals surface area contributed by atoms with Crippen LogP contribution >= 0.6 is 0 Å². The van der Waals surface area contributed by atoms with Crippen molar-refractivity contribution in [1.29, 1.82) is 0 Å². The zero-order valence-corrected chi connectivity index (χ0v) is 14.9. The minimum absolute atomic E-state index is 0.728. The van der Waals surface area contributed by atoms with E-state index >= 15 is 0 Å². The van der Waals surface area contributed by atoms with Crippen LogP contribution in [0.3, 0.4) is 0 Å². The van der Waals surface area contributed by atoms with E-state index in [0.717, 1.165) is 45.3 Å². The van der Waals surface area contributed by atoms with Gasteiger partial charge in [-0.15, -0.1) is 0 Å². The zero-order chi connectivity index (χ0) is 18.1. The molecule has 0 unspecified atom stereocenters. The van der Waals surface area contributed by atoms with E-state index in [4.69, 9.17) is 14.5 Å². The van der Waals surface area contributed by atoms with Gasteiger partial charge in [-0.05, 0) is 48.9 Å². The first-order valence-electron chi connectivity index (χ1n) is 8.33. The molecule has 0 spiro atoms. The van der Waals surface area contributed by atoms with Gasteiger partial charge in [-0.1, -0.05) is 12.1 Å². The molecule has 0 aliphatic rings. The summed E-state index contributed by atoms with van der Waals surface area (Å²) in [5.74, 6) is 2.21. The van der Waals surface area contributed by atoms with Crippen LogP contribution in [0.25, 0.3) is 33.8 Å². The molecule has 0 radical (unpaired) electrons. The van der Waals surface area contributed by atoms with Gasteiger partial charge < -0.3 is 14.5 Å². The average molecular weight is 345 g/mol. The quantitative estimate of drug-likeness (QED) is 0.586. The third-order valence-corrected chi connectivity index (χ3v) is 4.28. The number of aryl methyl sites for hydroxylation is 1. The number of aromatic nitrogens is 3. The van der Waals surface area contributed by atoms with E-state index in [0.29, 0.717) is 0 Å². The molecule has 0 aliphatic heterocycles. The maximum atomic E-state index is 5.36. The predicted molar refractivity (Wildman–Crippen MR) is 103 cm³/mol. The van der Waals surface area contributed by atoms with E-state index in [-0.39, 0.29) is 0 Å². The van der Waals surface area contributed by atoms with E-state index in [1.54, 1.807) is 14.2 Å². The van der Waals surface area contributed by atoms with Crippen molar-refractivity contribution in [2.24, 2.45) is 0 Å². The molecule has 0 saturated carbocycles. The van der Waals surface area contributed by atoms with Gasteiger partial charge in [-0.2, -0.15) is 0 Å². The Hall–Kier alpha value is -3.34. The van der Waals surface area contributed by atoms with Crippen molar-refractivity contribution in [2.45, 2.75) is 6.92 Å². The number of rotatable bonds is 4. The largest absolute Gasteiger partial charge is 0.497 e. The number of nitrogens with one attached hydrogen (secondary N) is 1. The lowest BCUT2D eigenvalue weighted by atomic mass is 10.1. The van der Waals surface area contributed by atoms with Crippen molar-refractivity contribution < 1.29 is 9.47 Å². The number of H-pyrrole nitrogens is 1. The van der Waals surface area contributed by atoms with Crippen LogP contribution in [0.15, 0.2) is 54.6 Å². The molecule has 0 aliphatic carbocycles. The minimum atomic E-state index is 0.728. The number of nitrogens with zero attached hydrogens (tertiary/aromatic N) is 2. The zero-order valence-electron chi connectivity index (χ0n) is 14.9. The summed E-state index contributed by atoms with van der Waals surface area (Å²) in [6.45, 7) is 2.06. The number of pyridine rings is 1. The SMILES string of the molecule is COc1cc(OC)cc(-c2cccc(-c3nc4ccc(C)cc4[nH]3)n2)c1. The first-order valence-corrected chi connectivity index (χ1v) is 8.33. The van der Waals surface area contributed by atoms with Crippen molar-refractivity contribution in [3.05, 3.63) is 60.2 Å². The second-order valence-electron chi connectivity index (χ2n) is 6.12. The molecule has 0 amide bonds. The van der Waals surface area contributed by atoms with E-state index in [1.165, 1.54) is 5.56 Å². The Bertz CT molecular complexity index is 1060. The van der Waals surface area contributed by atoms with Crippen LogP contribution in [0.2, 0.25) is 0 Å². The van der Waals surface area contributed by atoms with Crippen molar-refractivity contribution in [3.8, 4) is 34.3 Å². The van der Waals surface area contributed by atoms with Gasteiger partial charge in [0.2, 0.25) is 0 Å². The van der Waals surface area contributed by atoms with Crippen molar-refractivity contribution in [3.63, 3.8) is 0 Å². The Labute approximate surface area is 151 Å². The molecule has 0 atom stereocenters. The van der Waals surface area contributed by atoms with Gasteiger partial charge in [-0.3, -0.25) is 0 Å². The summed E-state index contributed by atoms with van der Waals surface area (Å²) in [5, 5.41) is 0. The third-order valence-electron chi connectivity index (χ3n) is 4.28. The van der Waals surface area contributed by atoms with E-state index in [2.05, 4.69) is 29.0 Å². The first-order chi connectivity index (χ1) is 12.7. The molecule has 0 bridgehead atoms. The molecule has 4 rings (SSSR count). The molecule has 5 heteroatoms. The highest BCUT2D eigenvalue weighted by Crippen LogP contribution is 2.30. The second-order valence-corrected chi connectivity index (χ2v) is 6.12. The van der Waals surface area contributed by atoms with Crippen LogP contribution in [-0.4, -0.2) is 29.2 Å². The molecule has 2 heterocycles. The third kappa shape index (κ3) is 2.99. The number of hydrogen-bond acceptors (Lipinski definition) is 4. The molecule has 0 fully saturated rings. The molecule has 1 N–H and O–H groups in total. The highest BCUT2D eigenvalue weighted by Gasteiger charge is 2.10. The lowest BCUT2D eigenvalue weighted by molar-refractivity contribution is 0.394. The summed E-state index contributed by atoms with van der Waals surface area (Å²) in [6, 6.07) is 17.8. The van der Waals surface area contributed by atoms with Gasteiger partial charge in [0, 0.05) is 11.6 Å². The maximum Gasteiger partial charge on any atom is 0.157 e. The summed E-state index contributed by atoms with van der Waals surface area (Å²) in [7, 11) is 3.28. The van der Waals surface area contributed by atoms with Crippen molar-refractivity contribution in [2.75, 3.05) is 14.2 Å². The Balaban J connectivity index is 1.79. The van der Waals surface area contributed by atoms with Crippen LogP contribution in [0.4, 0.5) is 0 Å². The van der Waals surface area contributed by atoms with E-state index < -0.39 is 0 Å². The molecule has 5 nitrogen and oxygen atoms in total. The number of ether oxygens (including phenoxy) is 2. The standard InChI is InChI=1S/C21H19N3O2/c1-13-7-8-18-20(9-13)24-21(23-18)19-6-4-5-17(22-19)14-10-15(25-2)12-16(11-14)26-3/h4-12H,1-3H3,(H,23,24). The average Bonchev–Trinajstić information content (AvgIpc) is 3.10. The second kappa shape index (κ2) is 6.52. The highest BCUT2D eigenvalue weighted by molar-refractivity contribution is 5.79. The molecule has 2 aromatic carbocycles. The van der Waals surface area contributed by atoms with Crippen molar-refractivity contribution in [1.82, 2.24) is 15.0 Å². The summed E-state index contributed by atoms with van der Waals surface area (Å²) in [5.41, 5.74) is 5.68.